The standard InChI is InChI=1S/C18H10ClNO4/c19-13-4-1-3-12-16(21)11-7-6-10(9-15(11)24-17(12)13)20-18(22)14-5-2-8-23-14/h1-9H,(H,20,22). The van der Waals surface area contributed by atoms with Gasteiger partial charge < -0.3 is 14.2 Å². The van der Waals surface area contributed by atoms with E-state index in [2.05, 4.69) is 5.32 Å². The van der Waals surface area contributed by atoms with Gasteiger partial charge in [0.15, 0.2) is 11.3 Å². The minimum absolute atomic E-state index is 0.169. The zero-order valence-electron chi connectivity index (χ0n) is 12.2. The van der Waals surface area contributed by atoms with Gasteiger partial charge in [0, 0.05) is 11.8 Å². The summed E-state index contributed by atoms with van der Waals surface area (Å²) in [5, 5.41) is 3.89. The quantitative estimate of drug-likeness (QED) is 0.548. The molecule has 4 rings (SSSR count). The van der Waals surface area contributed by atoms with E-state index in [1.165, 1.54) is 6.26 Å². The first-order valence-corrected chi connectivity index (χ1v) is 7.51. The number of hydrogen-bond donors (Lipinski definition) is 1. The van der Waals surface area contributed by atoms with E-state index in [1.54, 1.807) is 48.5 Å². The summed E-state index contributed by atoms with van der Waals surface area (Å²) in [5.74, 6) is -0.196. The van der Waals surface area contributed by atoms with E-state index in [0.717, 1.165) is 0 Å². The van der Waals surface area contributed by atoms with Gasteiger partial charge in [0.2, 0.25) is 5.43 Å². The maximum atomic E-state index is 12.5. The third kappa shape index (κ3) is 2.35. The molecule has 0 aliphatic rings. The molecule has 2 aromatic carbocycles. The number of rotatable bonds is 2. The topological polar surface area (TPSA) is 72.5 Å². The van der Waals surface area contributed by atoms with Gasteiger partial charge in [0.1, 0.15) is 5.58 Å². The molecule has 0 spiro atoms. The van der Waals surface area contributed by atoms with Crippen LogP contribution in [-0.4, -0.2) is 5.91 Å². The van der Waals surface area contributed by atoms with Crippen molar-refractivity contribution in [3.63, 3.8) is 0 Å². The van der Waals surface area contributed by atoms with Crippen LogP contribution in [0.2, 0.25) is 5.02 Å². The molecule has 0 aliphatic heterocycles. The van der Waals surface area contributed by atoms with E-state index in [1.807, 2.05) is 0 Å². The second-order valence-electron chi connectivity index (χ2n) is 5.19. The molecule has 0 unspecified atom stereocenters. The maximum absolute atomic E-state index is 12.5. The molecule has 6 heteroatoms. The average molecular weight is 340 g/mol. The molecule has 0 bridgehead atoms. The smallest absolute Gasteiger partial charge is 0.291 e. The molecule has 118 valence electrons. The summed E-state index contributed by atoms with van der Waals surface area (Å²) in [6.07, 6.45) is 1.42. The summed E-state index contributed by atoms with van der Waals surface area (Å²) in [5.41, 5.74) is 0.986. The Kier molecular flexibility index (Phi) is 3.36. The van der Waals surface area contributed by atoms with E-state index >= 15 is 0 Å². The number of carbonyl (C=O) groups is 1. The fourth-order valence-corrected chi connectivity index (χ4v) is 2.73. The predicted octanol–water partition coefficient (Wildman–Crippen LogP) is 4.44. The van der Waals surface area contributed by atoms with Gasteiger partial charge in [-0.25, -0.2) is 0 Å². The molecule has 4 aromatic rings. The Morgan fingerprint density at radius 3 is 2.71 bits per heavy atom. The molecule has 1 N–H and O–H groups in total. The van der Waals surface area contributed by atoms with Gasteiger partial charge in [-0.05, 0) is 36.4 Å². The minimum atomic E-state index is -0.388. The summed E-state index contributed by atoms with van der Waals surface area (Å²) in [7, 11) is 0. The van der Waals surface area contributed by atoms with Gasteiger partial charge in [-0.1, -0.05) is 17.7 Å². The molecule has 0 radical (unpaired) electrons. The van der Waals surface area contributed by atoms with Crippen molar-refractivity contribution in [3.8, 4) is 0 Å². The summed E-state index contributed by atoms with van der Waals surface area (Å²) in [4.78, 5) is 24.6. The largest absolute Gasteiger partial charge is 0.459 e. The Morgan fingerprint density at radius 1 is 1.04 bits per heavy atom. The maximum Gasteiger partial charge on any atom is 0.291 e. The highest BCUT2D eigenvalue weighted by molar-refractivity contribution is 6.34. The molecule has 2 heterocycles. The van der Waals surface area contributed by atoms with Crippen molar-refractivity contribution in [3.05, 3.63) is 75.8 Å². The molecule has 0 atom stereocenters. The summed E-state index contributed by atoms with van der Waals surface area (Å²) in [6, 6.07) is 13.0. The fourth-order valence-electron chi connectivity index (χ4n) is 2.52. The van der Waals surface area contributed by atoms with Crippen LogP contribution < -0.4 is 10.7 Å². The van der Waals surface area contributed by atoms with Crippen molar-refractivity contribution in [1.82, 2.24) is 0 Å². The van der Waals surface area contributed by atoms with Crippen LogP contribution in [0.1, 0.15) is 10.6 Å². The van der Waals surface area contributed by atoms with Crippen molar-refractivity contribution in [1.29, 1.82) is 0 Å². The first-order chi connectivity index (χ1) is 11.6. The molecular formula is C18H10ClNO4. The highest BCUT2D eigenvalue weighted by Crippen LogP contribution is 2.26. The lowest BCUT2D eigenvalue weighted by atomic mass is 10.1. The van der Waals surface area contributed by atoms with E-state index in [9.17, 15) is 9.59 Å². The predicted molar refractivity (Wildman–Crippen MR) is 91.7 cm³/mol. The number of para-hydroxylation sites is 1. The summed E-state index contributed by atoms with van der Waals surface area (Å²) in [6.45, 7) is 0. The molecule has 1 amide bonds. The van der Waals surface area contributed by atoms with Crippen molar-refractivity contribution >= 4 is 45.1 Å². The lowest BCUT2D eigenvalue weighted by Gasteiger charge is -2.06. The van der Waals surface area contributed by atoms with Crippen molar-refractivity contribution in [2.24, 2.45) is 0 Å². The molecule has 2 aromatic heterocycles. The van der Waals surface area contributed by atoms with Gasteiger partial charge in [-0.3, -0.25) is 9.59 Å². The fraction of sp³-hybridized carbons (Fsp3) is 0. The van der Waals surface area contributed by atoms with Crippen molar-refractivity contribution < 1.29 is 13.6 Å². The zero-order chi connectivity index (χ0) is 16.7. The zero-order valence-corrected chi connectivity index (χ0v) is 13.0. The normalized spacial score (nSPS) is 11.0. The Bertz CT molecular complexity index is 1130. The number of hydrogen-bond acceptors (Lipinski definition) is 4. The summed E-state index contributed by atoms with van der Waals surface area (Å²) >= 11 is 6.11. The van der Waals surface area contributed by atoms with Crippen LogP contribution in [0.25, 0.3) is 21.9 Å². The number of nitrogens with one attached hydrogen (secondary N) is 1. The number of fused-ring (bicyclic) bond motifs is 2. The van der Waals surface area contributed by atoms with Gasteiger partial charge in [-0.15, -0.1) is 0 Å². The van der Waals surface area contributed by atoms with Crippen LogP contribution in [0.3, 0.4) is 0 Å². The minimum Gasteiger partial charge on any atom is -0.459 e. The van der Waals surface area contributed by atoms with Gasteiger partial charge in [0.05, 0.1) is 22.1 Å². The highest BCUT2D eigenvalue weighted by atomic mass is 35.5. The monoisotopic (exact) mass is 339 g/mol. The molecule has 0 fully saturated rings. The second kappa shape index (κ2) is 5.54. The first-order valence-electron chi connectivity index (χ1n) is 7.13. The second-order valence-corrected chi connectivity index (χ2v) is 5.60. The highest BCUT2D eigenvalue weighted by Gasteiger charge is 2.13. The molecule has 0 saturated heterocycles. The van der Waals surface area contributed by atoms with Crippen LogP contribution in [0.15, 0.2) is 68.4 Å². The molecule has 0 aliphatic carbocycles. The van der Waals surface area contributed by atoms with Crippen molar-refractivity contribution in [2.45, 2.75) is 0 Å². The van der Waals surface area contributed by atoms with Crippen LogP contribution in [-0.2, 0) is 0 Å². The lowest BCUT2D eigenvalue weighted by molar-refractivity contribution is 0.0996. The van der Waals surface area contributed by atoms with E-state index in [0.29, 0.717) is 32.6 Å². The Morgan fingerprint density at radius 2 is 1.92 bits per heavy atom. The SMILES string of the molecule is O=C(Nc1ccc2c(=O)c3cccc(Cl)c3oc2c1)c1ccco1. The Labute approximate surface area is 140 Å². The van der Waals surface area contributed by atoms with E-state index in [-0.39, 0.29) is 17.1 Å². The Balaban J connectivity index is 1.83. The lowest BCUT2D eigenvalue weighted by Crippen LogP contribution is -2.11. The molecule has 24 heavy (non-hydrogen) atoms. The third-order valence-electron chi connectivity index (χ3n) is 3.65. The number of furan rings is 1. The first kappa shape index (κ1) is 14.5. The van der Waals surface area contributed by atoms with Crippen LogP contribution >= 0.6 is 11.6 Å². The number of carbonyl (C=O) groups excluding carboxylic acids is 1. The van der Waals surface area contributed by atoms with Gasteiger partial charge in [0.25, 0.3) is 5.91 Å². The van der Waals surface area contributed by atoms with E-state index in [4.69, 9.17) is 20.4 Å². The molecular weight excluding hydrogens is 330 g/mol. The number of benzene rings is 2. The average Bonchev–Trinajstić information content (AvgIpc) is 3.11. The van der Waals surface area contributed by atoms with Gasteiger partial charge >= 0.3 is 0 Å². The molecule has 0 saturated carbocycles. The Hall–Kier alpha value is -3.05. The van der Waals surface area contributed by atoms with Crippen LogP contribution in [0, 0.1) is 0 Å². The van der Waals surface area contributed by atoms with E-state index < -0.39 is 0 Å². The number of halogens is 1. The van der Waals surface area contributed by atoms with Gasteiger partial charge in [-0.2, -0.15) is 0 Å². The summed E-state index contributed by atoms with van der Waals surface area (Å²) < 4.78 is 10.8. The number of amides is 1. The number of anilines is 1. The molecule has 5 nitrogen and oxygen atoms in total. The van der Waals surface area contributed by atoms with Crippen LogP contribution in [0.5, 0.6) is 0 Å². The van der Waals surface area contributed by atoms with Crippen molar-refractivity contribution in [2.75, 3.05) is 5.32 Å². The third-order valence-corrected chi connectivity index (χ3v) is 3.95. The van der Waals surface area contributed by atoms with Crippen LogP contribution in [0.4, 0.5) is 5.69 Å².